The fourth-order valence-corrected chi connectivity index (χ4v) is 2.13. The molecule has 1 aromatic rings. The minimum Gasteiger partial charge on any atom is -0.384 e. The second-order valence-electron chi connectivity index (χ2n) is 4.84. The van der Waals surface area contributed by atoms with E-state index in [2.05, 4.69) is 24.1 Å². The first-order valence-corrected chi connectivity index (χ1v) is 6.67. The predicted molar refractivity (Wildman–Crippen MR) is 75.0 cm³/mol. The second kappa shape index (κ2) is 6.10. The number of hydrogen-bond acceptors (Lipinski definition) is 2. The molecule has 2 unspecified atom stereocenters. The van der Waals surface area contributed by atoms with Crippen LogP contribution in [0.25, 0.3) is 0 Å². The first kappa shape index (κ1) is 13.9. The van der Waals surface area contributed by atoms with E-state index in [1.807, 2.05) is 0 Å². The van der Waals surface area contributed by atoms with Gasteiger partial charge in [0.25, 0.3) is 5.91 Å². The molecule has 2 atom stereocenters. The van der Waals surface area contributed by atoms with Crippen molar-refractivity contribution < 1.29 is 9.90 Å². The molecule has 0 radical (unpaired) electrons. The van der Waals surface area contributed by atoms with Gasteiger partial charge in [-0.05, 0) is 36.5 Å². The minimum absolute atomic E-state index is 0.109. The summed E-state index contributed by atoms with van der Waals surface area (Å²) in [5, 5.41) is 12.0. The quantitative estimate of drug-likeness (QED) is 0.831. The summed E-state index contributed by atoms with van der Waals surface area (Å²) in [5.41, 5.74) is 1.15. The van der Waals surface area contributed by atoms with Crippen molar-refractivity contribution in [2.75, 3.05) is 13.2 Å². The summed E-state index contributed by atoms with van der Waals surface area (Å²) < 4.78 is 0. The fourth-order valence-electron chi connectivity index (χ4n) is 1.90. The number of rotatable bonds is 3. The van der Waals surface area contributed by atoms with Gasteiger partial charge in [-0.2, -0.15) is 0 Å². The maximum atomic E-state index is 11.9. The molecule has 1 aromatic carbocycles. The molecule has 0 aliphatic heterocycles. The zero-order valence-corrected chi connectivity index (χ0v) is 11.5. The molecule has 1 aliphatic rings. The van der Waals surface area contributed by atoms with Crippen molar-refractivity contribution in [1.82, 2.24) is 5.32 Å². The number of aliphatic hydroxyl groups is 1. The summed E-state index contributed by atoms with van der Waals surface area (Å²) in [6.45, 7) is 2.70. The predicted octanol–water partition coefficient (Wildman–Crippen LogP) is 2.07. The van der Waals surface area contributed by atoms with Gasteiger partial charge in [0.2, 0.25) is 0 Å². The number of benzene rings is 1. The number of carbonyl (C=O) groups is 1. The van der Waals surface area contributed by atoms with Crippen molar-refractivity contribution in [3.05, 3.63) is 34.3 Å². The lowest BCUT2D eigenvalue weighted by Gasteiger charge is -2.05. The third kappa shape index (κ3) is 3.73. The molecule has 0 aromatic heterocycles. The van der Waals surface area contributed by atoms with Crippen LogP contribution in [0.3, 0.4) is 0 Å². The molecule has 0 saturated heterocycles. The van der Waals surface area contributed by atoms with Crippen molar-refractivity contribution in [3.63, 3.8) is 0 Å². The van der Waals surface area contributed by atoms with Crippen LogP contribution in [0.4, 0.5) is 0 Å². The van der Waals surface area contributed by atoms with Crippen LogP contribution in [0.1, 0.15) is 29.3 Å². The first-order valence-electron chi connectivity index (χ1n) is 6.29. The Bertz CT molecular complexity index is 545. The smallest absolute Gasteiger partial charge is 0.251 e. The van der Waals surface area contributed by atoms with E-state index in [-0.39, 0.29) is 12.5 Å². The second-order valence-corrected chi connectivity index (χ2v) is 5.24. The van der Waals surface area contributed by atoms with Gasteiger partial charge in [-0.15, -0.1) is 0 Å². The highest BCUT2D eigenvalue weighted by Crippen LogP contribution is 2.36. The lowest BCUT2D eigenvalue weighted by molar-refractivity contribution is 0.0951. The molecule has 0 bridgehead atoms. The maximum Gasteiger partial charge on any atom is 0.251 e. The third-order valence-corrected chi connectivity index (χ3v) is 3.65. The van der Waals surface area contributed by atoms with E-state index in [1.54, 1.807) is 18.2 Å². The summed E-state index contributed by atoms with van der Waals surface area (Å²) in [5.74, 6) is 6.49. The van der Waals surface area contributed by atoms with Gasteiger partial charge in [0.15, 0.2) is 0 Å². The summed E-state index contributed by atoms with van der Waals surface area (Å²) in [6.07, 6.45) is 1.19. The van der Waals surface area contributed by atoms with E-state index in [1.165, 1.54) is 6.42 Å². The highest BCUT2D eigenvalue weighted by molar-refractivity contribution is 6.32. The van der Waals surface area contributed by atoms with Gasteiger partial charge in [0.05, 0.1) is 5.02 Å². The molecule has 0 spiro atoms. The van der Waals surface area contributed by atoms with E-state index < -0.39 is 0 Å². The molecule has 0 heterocycles. The number of hydrogen-bond donors (Lipinski definition) is 2. The van der Waals surface area contributed by atoms with Gasteiger partial charge in [-0.3, -0.25) is 4.79 Å². The average Bonchev–Trinajstić information content (AvgIpc) is 3.10. The van der Waals surface area contributed by atoms with Gasteiger partial charge in [0.1, 0.15) is 6.61 Å². The highest BCUT2D eigenvalue weighted by atomic mass is 35.5. The lowest BCUT2D eigenvalue weighted by Crippen LogP contribution is -2.25. The summed E-state index contributed by atoms with van der Waals surface area (Å²) >= 11 is 6.04. The van der Waals surface area contributed by atoms with Gasteiger partial charge in [-0.1, -0.05) is 30.4 Å². The monoisotopic (exact) mass is 277 g/mol. The normalized spacial score (nSPS) is 20.4. The number of nitrogens with one attached hydrogen (secondary N) is 1. The molecule has 1 amide bonds. The van der Waals surface area contributed by atoms with Crippen molar-refractivity contribution in [3.8, 4) is 11.8 Å². The van der Waals surface area contributed by atoms with Crippen LogP contribution in [0.5, 0.6) is 0 Å². The fraction of sp³-hybridized carbons (Fsp3) is 0.400. The Labute approximate surface area is 118 Å². The van der Waals surface area contributed by atoms with E-state index in [0.717, 1.165) is 12.5 Å². The molecule has 100 valence electrons. The zero-order chi connectivity index (χ0) is 13.8. The van der Waals surface area contributed by atoms with Gasteiger partial charge in [-0.25, -0.2) is 0 Å². The van der Waals surface area contributed by atoms with Crippen molar-refractivity contribution in [2.24, 2.45) is 11.8 Å². The summed E-state index contributed by atoms with van der Waals surface area (Å²) in [7, 11) is 0. The van der Waals surface area contributed by atoms with E-state index in [9.17, 15) is 4.79 Å². The van der Waals surface area contributed by atoms with Crippen LogP contribution in [0, 0.1) is 23.7 Å². The molecule has 19 heavy (non-hydrogen) atoms. The van der Waals surface area contributed by atoms with Gasteiger partial charge >= 0.3 is 0 Å². The Morgan fingerprint density at radius 1 is 1.58 bits per heavy atom. The van der Waals surface area contributed by atoms with E-state index >= 15 is 0 Å². The Morgan fingerprint density at radius 3 is 2.89 bits per heavy atom. The largest absolute Gasteiger partial charge is 0.384 e. The zero-order valence-electron chi connectivity index (χ0n) is 10.7. The maximum absolute atomic E-state index is 11.9. The molecular weight excluding hydrogens is 262 g/mol. The molecule has 1 saturated carbocycles. The molecule has 3 nitrogen and oxygen atoms in total. The van der Waals surface area contributed by atoms with Crippen LogP contribution >= 0.6 is 11.6 Å². The Hall–Kier alpha value is -1.50. The first-order chi connectivity index (χ1) is 9.11. The van der Waals surface area contributed by atoms with Crippen LogP contribution in [0.2, 0.25) is 5.02 Å². The number of carbonyl (C=O) groups excluding carboxylic acids is 1. The van der Waals surface area contributed by atoms with E-state index in [4.69, 9.17) is 16.7 Å². The third-order valence-electron chi connectivity index (χ3n) is 3.33. The minimum atomic E-state index is -0.210. The summed E-state index contributed by atoms with van der Waals surface area (Å²) in [4.78, 5) is 11.9. The van der Waals surface area contributed by atoms with Gasteiger partial charge < -0.3 is 10.4 Å². The molecular formula is C15H16ClNO2. The van der Waals surface area contributed by atoms with E-state index in [0.29, 0.717) is 22.1 Å². The highest BCUT2D eigenvalue weighted by Gasteiger charge is 2.32. The molecule has 1 fully saturated rings. The standard InChI is InChI=1S/C15H16ClNO2/c1-10-7-13(10)9-17-15(19)12-5-4-11(3-2-6-18)14(16)8-12/h4-5,8,10,13,18H,6-7,9H2,1H3,(H,17,19). The molecule has 2 N–H and O–H groups in total. The Kier molecular flexibility index (Phi) is 4.47. The molecule has 1 aliphatic carbocycles. The Morgan fingerprint density at radius 2 is 2.32 bits per heavy atom. The molecule has 4 heteroatoms. The van der Waals surface area contributed by atoms with Crippen LogP contribution in [-0.4, -0.2) is 24.2 Å². The van der Waals surface area contributed by atoms with Crippen LogP contribution in [-0.2, 0) is 0 Å². The number of aliphatic hydroxyl groups excluding tert-OH is 1. The SMILES string of the molecule is CC1CC1CNC(=O)c1ccc(C#CCO)c(Cl)c1. The van der Waals surface area contributed by atoms with Crippen molar-refractivity contribution in [2.45, 2.75) is 13.3 Å². The van der Waals surface area contributed by atoms with Crippen LogP contribution in [0.15, 0.2) is 18.2 Å². The lowest BCUT2D eigenvalue weighted by atomic mass is 10.1. The van der Waals surface area contributed by atoms with Crippen molar-refractivity contribution >= 4 is 17.5 Å². The number of halogens is 1. The van der Waals surface area contributed by atoms with Gasteiger partial charge in [0, 0.05) is 17.7 Å². The summed E-state index contributed by atoms with van der Waals surface area (Å²) in [6, 6.07) is 4.99. The van der Waals surface area contributed by atoms with Crippen molar-refractivity contribution in [1.29, 1.82) is 0 Å². The number of amides is 1. The molecule has 2 rings (SSSR count). The Balaban J connectivity index is 2.00. The average molecular weight is 278 g/mol. The topological polar surface area (TPSA) is 49.3 Å². The van der Waals surface area contributed by atoms with Crippen LogP contribution < -0.4 is 5.32 Å².